The zero-order valence-corrected chi connectivity index (χ0v) is 18.9. The highest BCUT2D eigenvalue weighted by Crippen LogP contribution is 2.35. The van der Waals surface area contributed by atoms with Crippen LogP contribution < -0.4 is 15.4 Å². The minimum absolute atomic E-state index is 0.0272. The Kier molecular flexibility index (Phi) is 5.86. The van der Waals surface area contributed by atoms with E-state index < -0.39 is 5.41 Å². The number of hydrogen-bond donors (Lipinski definition) is 3. The first-order valence-corrected chi connectivity index (χ1v) is 11.0. The van der Waals surface area contributed by atoms with Gasteiger partial charge in [-0.2, -0.15) is 0 Å². The van der Waals surface area contributed by atoms with Gasteiger partial charge in [-0.05, 0) is 42.5 Å². The third kappa shape index (κ3) is 4.44. The van der Waals surface area contributed by atoms with Crippen molar-refractivity contribution in [2.24, 2.45) is 5.41 Å². The number of nitrogens with zero attached hydrogens (tertiary/aromatic N) is 2. The fraction of sp³-hybridized carbons (Fsp3) is 0.417. The highest BCUT2D eigenvalue weighted by molar-refractivity contribution is 6.04. The number of carbonyl (C=O) groups excluding carboxylic acids is 2. The lowest BCUT2D eigenvalue weighted by atomic mass is 9.94. The van der Waals surface area contributed by atoms with E-state index in [1.165, 1.54) is 11.8 Å². The molecule has 2 heterocycles. The summed E-state index contributed by atoms with van der Waals surface area (Å²) in [5, 5.41) is 6.01. The molecule has 0 bridgehead atoms. The number of rotatable bonds is 6. The average Bonchev–Trinajstić information content (AvgIpc) is 3.35. The molecule has 0 radical (unpaired) electrons. The van der Waals surface area contributed by atoms with Crippen LogP contribution in [0.2, 0.25) is 0 Å². The van der Waals surface area contributed by atoms with Crippen molar-refractivity contribution in [1.29, 1.82) is 0 Å². The molecule has 0 fully saturated rings. The quantitative estimate of drug-likeness (QED) is 0.541. The Labute approximate surface area is 187 Å². The minimum atomic E-state index is -0.445. The summed E-state index contributed by atoms with van der Waals surface area (Å²) in [6.45, 7) is 8.31. The van der Waals surface area contributed by atoms with Crippen molar-refractivity contribution in [1.82, 2.24) is 25.6 Å². The van der Waals surface area contributed by atoms with Gasteiger partial charge < -0.3 is 20.4 Å². The molecule has 1 aliphatic carbocycles. The number of amides is 2. The normalized spacial score (nSPS) is 15.4. The molecule has 8 nitrogen and oxygen atoms in total. The number of benzene rings is 1. The first-order chi connectivity index (χ1) is 15.3. The molecular formula is C24H29N5O3. The van der Waals surface area contributed by atoms with Gasteiger partial charge in [0.15, 0.2) is 5.65 Å². The van der Waals surface area contributed by atoms with E-state index in [1.54, 1.807) is 6.20 Å². The Hall–Kier alpha value is -3.42. The summed E-state index contributed by atoms with van der Waals surface area (Å²) in [6, 6.07) is 5.84. The Morgan fingerprint density at radius 3 is 2.84 bits per heavy atom. The summed E-state index contributed by atoms with van der Waals surface area (Å²) >= 11 is 0. The molecule has 0 saturated heterocycles. The highest BCUT2D eigenvalue weighted by Gasteiger charge is 2.29. The van der Waals surface area contributed by atoms with Crippen LogP contribution in [0.4, 0.5) is 0 Å². The van der Waals surface area contributed by atoms with Crippen LogP contribution in [0.3, 0.4) is 0 Å². The average molecular weight is 436 g/mol. The second kappa shape index (κ2) is 8.61. The molecular weight excluding hydrogens is 406 g/mol. The number of fused-ring (bicyclic) bond motifs is 2. The van der Waals surface area contributed by atoms with Gasteiger partial charge in [-0.15, -0.1) is 0 Å². The van der Waals surface area contributed by atoms with Gasteiger partial charge in [-0.3, -0.25) is 9.59 Å². The van der Waals surface area contributed by atoms with Crippen molar-refractivity contribution in [2.75, 3.05) is 6.54 Å². The van der Waals surface area contributed by atoms with Crippen LogP contribution in [-0.2, 0) is 11.2 Å². The monoisotopic (exact) mass is 435 g/mol. The largest absolute Gasteiger partial charge is 0.437 e. The van der Waals surface area contributed by atoms with Crippen LogP contribution in [0.5, 0.6) is 11.6 Å². The summed E-state index contributed by atoms with van der Waals surface area (Å²) in [4.78, 5) is 36.7. The topological polar surface area (TPSA) is 109 Å². The lowest BCUT2D eigenvalue weighted by Gasteiger charge is -2.22. The van der Waals surface area contributed by atoms with E-state index in [2.05, 4.69) is 25.6 Å². The second-order valence-electron chi connectivity index (χ2n) is 9.14. The molecule has 0 aliphatic heterocycles. The Morgan fingerprint density at radius 1 is 1.28 bits per heavy atom. The minimum Gasteiger partial charge on any atom is -0.437 e. The van der Waals surface area contributed by atoms with Crippen molar-refractivity contribution in [3.63, 3.8) is 0 Å². The third-order valence-corrected chi connectivity index (χ3v) is 5.54. The Morgan fingerprint density at radius 2 is 2.09 bits per heavy atom. The molecule has 32 heavy (non-hydrogen) atoms. The van der Waals surface area contributed by atoms with Crippen LogP contribution in [0.25, 0.3) is 11.2 Å². The van der Waals surface area contributed by atoms with Gasteiger partial charge in [0.1, 0.15) is 11.3 Å². The zero-order chi connectivity index (χ0) is 22.9. The van der Waals surface area contributed by atoms with Crippen molar-refractivity contribution in [3.8, 4) is 11.6 Å². The molecule has 4 rings (SSSR count). The van der Waals surface area contributed by atoms with E-state index in [0.29, 0.717) is 34.9 Å². The van der Waals surface area contributed by atoms with Crippen LogP contribution in [0.15, 0.2) is 30.6 Å². The smallest absolute Gasteiger partial charge is 0.255 e. The van der Waals surface area contributed by atoms with Crippen LogP contribution in [-0.4, -0.2) is 33.3 Å². The first-order valence-electron chi connectivity index (χ1n) is 11.0. The van der Waals surface area contributed by atoms with E-state index in [-0.39, 0.29) is 17.9 Å². The maximum absolute atomic E-state index is 12.5. The van der Waals surface area contributed by atoms with Gasteiger partial charge in [0, 0.05) is 18.2 Å². The fourth-order valence-electron chi connectivity index (χ4n) is 3.72. The Balaban J connectivity index is 1.55. The number of H-pyrrole nitrogens is 1. The number of aromatic amines is 1. The molecule has 1 aromatic carbocycles. The summed E-state index contributed by atoms with van der Waals surface area (Å²) in [6.07, 6.45) is 5.77. The predicted molar refractivity (Wildman–Crippen MR) is 122 cm³/mol. The SMILES string of the molecule is CCCNC(=O)c1c[nH]c2ncc(Oc3ccc4c(c3)[C@H](NC(=O)C(C)(C)C)CC4)nc12. The number of ether oxygens (including phenoxy) is 1. The van der Waals surface area contributed by atoms with Gasteiger partial charge in [-0.25, -0.2) is 9.97 Å². The molecule has 2 aromatic heterocycles. The van der Waals surface area contributed by atoms with Crippen LogP contribution in [0, 0.1) is 5.41 Å². The van der Waals surface area contributed by atoms with Crippen molar-refractivity contribution >= 4 is 23.0 Å². The number of nitrogens with one attached hydrogen (secondary N) is 3. The van der Waals surface area contributed by atoms with Crippen molar-refractivity contribution in [3.05, 3.63) is 47.3 Å². The van der Waals surface area contributed by atoms with E-state index in [4.69, 9.17) is 4.74 Å². The lowest BCUT2D eigenvalue weighted by Crippen LogP contribution is -2.36. The van der Waals surface area contributed by atoms with E-state index in [0.717, 1.165) is 24.8 Å². The number of carbonyl (C=O) groups is 2. The molecule has 168 valence electrons. The molecule has 1 atom stereocenters. The van der Waals surface area contributed by atoms with Crippen LogP contribution in [0.1, 0.15) is 68.1 Å². The molecule has 3 N–H and O–H groups in total. The zero-order valence-electron chi connectivity index (χ0n) is 18.9. The molecule has 0 saturated carbocycles. The Bertz CT molecular complexity index is 1160. The van der Waals surface area contributed by atoms with Gasteiger partial charge in [-0.1, -0.05) is 33.8 Å². The third-order valence-electron chi connectivity index (χ3n) is 5.54. The van der Waals surface area contributed by atoms with E-state index in [1.807, 2.05) is 45.9 Å². The maximum atomic E-state index is 12.5. The van der Waals surface area contributed by atoms with Crippen molar-refractivity contribution in [2.45, 2.75) is 53.0 Å². The second-order valence-corrected chi connectivity index (χ2v) is 9.14. The van der Waals surface area contributed by atoms with Gasteiger partial charge in [0.05, 0.1) is 17.8 Å². The van der Waals surface area contributed by atoms with E-state index >= 15 is 0 Å². The predicted octanol–water partition coefficient (Wildman–Crippen LogP) is 4.04. The molecule has 0 unspecified atom stereocenters. The maximum Gasteiger partial charge on any atom is 0.255 e. The molecule has 8 heteroatoms. The number of aromatic nitrogens is 3. The molecule has 1 aliphatic rings. The number of hydrogen-bond acceptors (Lipinski definition) is 5. The lowest BCUT2D eigenvalue weighted by molar-refractivity contribution is -0.129. The fourth-order valence-corrected chi connectivity index (χ4v) is 3.72. The summed E-state index contributed by atoms with van der Waals surface area (Å²) in [7, 11) is 0. The molecule has 0 spiro atoms. The van der Waals surface area contributed by atoms with Gasteiger partial charge in [0.2, 0.25) is 11.8 Å². The summed E-state index contributed by atoms with van der Waals surface area (Å²) in [5.74, 6) is 0.746. The van der Waals surface area contributed by atoms with Gasteiger partial charge >= 0.3 is 0 Å². The number of aryl methyl sites for hydroxylation is 1. The molecule has 2 amide bonds. The molecule has 3 aromatic rings. The van der Waals surface area contributed by atoms with Gasteiger partial charge in [0.25, 0.3) is 5.91 Å². The van der Waals surface area contributed by atoms with E-state index in [9.17, 15) is 9.59 Å². The first kappa shape index (κ1) is 21.8. The van der Waals surface area contributed by atoms with Crippen molar-refractivity contribution < 1.29 is 14.3 Å². The summed E-state index contributed by atoms with van der Waals surface area (Å²) < 4.78 is 5.99. The standard InChI is InChI=1S/C24H29N5O3/c1-5-10-25-22(30)17-12-26-21-20(17)29-19(13-27-21)32-15-8-6-14-7-9-18(16(14)11-15)28-23(31)24(2,3)4/h6,8,11-13,18H,5,7,9-10H2,1-4H3,(H,25,30)(H,26,27)(H,28,31)/t18-/m1/s1. The van der Waals surface area contributed by atoms with Crippen LogP contribution >= 0.6 is 0 Å². The summed E-state index contributed by atoms with van der Waals surface area (Å²) in [5.41, 5.74) is 3.25. The highest BCUT2D eigenvalue weighted by atomic mass is 16.5.